The highest BCUT2D eigenvalue weighted by molar-refractivity contribution is 5.20. The maximum Gasteiger partial charge on any atom is 0.0694 e. The van der Waals surface area contributed by atoms with Gasteiger partial charge in [-0.05, 0) is 18.8 Å². The van der Waals surface area contributed by atoms with Gasteiger partial charge in [-0.2, -0.15) is 5.10 Å². The molecule has 2 atom stereocenters. The van der Waals surface area contributed by atoms with Crippen LogP contribution in [0.3, 0.4) is 0 Å². The standard InChI is InChI=1S/C14H27N3/c1-7-11(4)12(5)15-8-13-9-17(6)16-14(13)10(2)3/h9-12,15H,7-8H2,1-6H3. The molecule has 1 heterocycles. The zero-order valence-electron chi connectivity index (χ0n) is 12.1. The molecule has 98 valence electrons. The predicted molar refractivity (Wildman–Crippen MR) is 73.1 cm³/mol. The second kappa shape index (κ2) is 6.20. The Morgan fingerprint density at radius 1 is 1.29 bits per heavy atom. The van der Waals surface area contributed by atoms with Crippen molar-refractivity contribution in [1.82, 2.24) is 15.1 Å². The van der Waals surface area contributed by atoms with Gasteiger partial charge in [0.1, 0.15) is 0 Å². The van der Waals surface area contributed by atoms with Gasteiger partial charge in [-0.25, -0.2) is 0 Å². The smallest absolute Gasteiger partial charge is 0.0694 e. The van der Waals surface area contributed by atoms with E-state index in [-0.39, 0.29) is 0 Å². The Labute approximate surface area is 106 Å². The summed E-state index contributed by atoms with van der Waals surface area (Å²) in [7, 11) is 1.99. The summed E-state index contributed by atoms with van der Waals surface area (Å²) < 4.78 is 1.92. The number of hydrogen-bond acceptors (Lipinski definition) is 2. The molecule has 0 saturated carbocycles. The monoisotopic (exact) mass is 237 g/mol. The van der Waals surface area contributed by atoms with Crippen molar-refractivity contribution in [1.29, 1.82) is 0 Å². The molecule has 0 radical (unpaired) electrons. The highest BCUT2D eigenvalue weighted by atomic mass is 15.3. The summed E-state index contributed by atoms with van der Waals surface area (Å²) in [5.74, 6) is 1.21. The van der Waals surface area contributed by atoms with Gasteiger partial charge < -0.3 is 5.32 Å². The van der Waals surface area contributed by atoms with Crippen LogP contribution in [0, 0.1) is 5.92 Å². The molecule has 0 aliphatic rings. The van der Waals surface area contributed by atoms with Gasteiger partial charge in [0.25, 0.3) is 0 Å². The van der Waals surface area contributed by atoms with Crippen molar-refractivity contribution in [3.8, 4) is 0 Å². The van der Waals surface area contributed by atoms with E-state index in [1.54, 1.807) is 0 Å². The molecule has 0 spiro atoms. The number of nitrogens with zero attached hydrogens (tertiary/aromatic N) is 2. The quantitative estimate of drug-likeness (QED) is 0.824. The van der Waals surface area contributed by atoms with Crippen molar-refractivity contribution < 1.29 is 0 Å². The lowest BCUT2D eigenvalue weighted by molar-refractivity contribution is 0.389. The Bertz CT molecular complexity index is 341. The average molecular weight is 237 g/mol. The lowest BCUT2D eigenvalue weighted by Gasteiger charge is -2.20. The van der Waals surface area contributed by atoms with Gasteiger partial charge in [-0.15, -0.1) is 0 Å². The fourth-order valence-corrected chi connectivity index (χ4v) is 2.00. The van der Waals surface area contributed by atoms with Gasteiger partial charge >= 0.3 is 0 Å². The molecule has 17 heavy (non-hydrogen) atoms. The highest BCUT2D eigenvalue weighted by Gasteiger charge is 2.14. The van der Waals surface area contributed by atoms with Crippen molar-refractivity contribution in [3.63, 3.8) is 0 Å². The first-order valence-corrected chi connectivity index (χ1v) is 6.71. The van der Waals surface area contributed by atoms with Crippen LogP contribution in [-0.2, 0) is 13.6 Å². The highest BCUT2D eigenvalue weighted by Crippen LogP contribution is 2.17. The molecule has 1 aromatic rings. The minimum Gasteiger partial charge on any atom is -0.310 e. The molecule has 0 aliphatic heterocycles. The van der Waals surface area contributed by atoms with Gasteiger partial charge in [0.2, 0.25) is 0 Å². The van der Waals surface area contributed by atoms with E-state index in [2.05, 4.69) is 51.2 Å². The van der Waals surface area contributed by atoms with Crippen molar-refractivity contribution in [2.45, 2.75) is 59.5 Å². The summed E-state index contributed by atoms with van der Waals surface area (Å²) in [5, 5.41) is 8.13. The van der Waals surface area contributed by atoms with E-state index in [0.29, 0.717) is 17.9 Å². The lowest BCUT2D eigenvalue weighted by Crippen LogP contribution is -2.31. The molecule has 1 aromatic heterocycles. The summed E-state index contributed by atoms with van der Waals surface area (Å²) in [5.41, 5.74) is 2.55. The summed E-state index contributed by atoms with van der Waals surface area (Å²) in [6.45, 7) is 12.1. The summed E-state index contributed by atoms with van der Waals surface area (Å²) in [4.78, 5) is 0. The number of aromatic nitrogens is 2. The SMILES string of the molecule is CCC(C)C(C)NCc1cn(C)nc1C(C)C. The molecule has 0 saturated heterocycles. The second-order valence-electron chi connectivity index (χ2n) is 5.42. The Morgan fingerprint density at radius 3 is 2.47 bits per heavy atom. The van der Waals surface area contributed by atoms with Crippen LogP contribution in [0.15, 0.2) is 6.20 Å². The molecule has 1 rings (SSSR count). The van der Waals surface area contributed by atoms with Crippen LogP contribution in [0.25, 0.3) is 0 Å². The molecule has 0 aromatic carbocycles. The van der Waals surface area contributed by atoms with Crippen LogP contribution >= 0.6 is 0 Å². The Hall–Kier alpha value is -0.830. The molecule has 0 fully saturated rings. The van der Waals surface area contributed by atoms with Crippen molar-refractivity contribution in [3.05, 3.63) is 17.5 Å². The van der Waals surface area contributed by atoms with Crippen LogP contribution in [0.2, 0.25) is 0 Å². The molecular weight excluding hydrogens is 210 g/mol. The summed E-state index contributed by atoms with van der Waals surface area (Å²) in [6.07, 6.45) is 3.35. The lowest BCUT2D eigenvalue weighted by atomic mass is 10.0. The molecule has 0 amide bonds. The van der Waals surface area contributed by atoms with Crippen molar-refractivity contribution >= 4 is 0 Å². The number of hydrogen-bond donors (Lipinski definition) is 1. The number of nitrogens with one attached hydrogen (secondary N) is 1. The first-order chi connectivity index (χ1) is 7.95. The van der Waals surface area contributed by atoms with Crippen LogP contribution in [0.5, 0.6) is 0 Å². The van der Waals surface area contributed by atoms with E-state index in [0.717, 1.165) is 6.54 Å². The Balaban J connectivity index is 2.62. The third-order valence-corrected chi connectivity index (χ3v) is 3.60. The van der Waals surface area contributed by atoms with E-state index >= 15 is 0 Å². The van der Waals surface area contributed by atoms with E-state index in [4.69, 9.17) is 0 Å². The van der Waals surface area contributed by atoms with E-state index in [1.807, 2.05) is 11.7 Å². The first-order valence-electron chi connectivity index (χ1n) is 6.71. The fourth-order valence-electron chi connectivity index (χ4n) is 2.00. The van der Waals surface area contributed by atoms with Crippen LogP contribution in [-0.4, -0.2) is 15.8 Å². The van der Waals surface area contributed by atoms with E-state index < -0.39 is 0 Å². The van der Waals surface area contributed by atoms with Gasteiger partial charge in [0.15, 0.2) is 0 Å². The van der Waals surface area contributed by atoms with Crippen LogP contribution in [0.1, 0.15) is 58.2 Å². The predicted octanol–water partition coefficient (Wildman–Crippen LogP) is 3.07. The zero-order chi connectivity index (χ0) is 13.0. The second-order valence-corrected chi connectivity index (χ2v) is 5.42. The molecular formula is C14H27N3. The summed E-state index contributed by atoms with van der Waals surface area (Å²) in [6, 6.07) is 0.556. The van der Waals surface area contributed by atoms with Gasteiger partial charge in [0, 0.05) is 31.4 Å². The molecule has 0 bridgehead atoms. The Kier molecular flexibility index (Phi) is 5.19. The topological polar surface area (TPSA) is 29.9 Å². The molecule has 2 unspecified atom stereocenters. The van der Waals surface area contributed by atoms with E-state index in [1.165, 1.54) is 17.7 Å². The average Bonchev–Trinajstić information content (AvgIpc) is 2.66. The van der Waals surface area contributed by atoms with Crippen molar-refractivity contribution in [2.75, 3.05) is 0 Å². The van der Waals surface area contributed by atoms with Gasteiger partial charge in [-0.3, -0.25) is 4.68 Å². The number of aryl methyl sites for hydroxylation is 1. The minimum atomic E-state index is 0.493. The van der Waals surface area contributed by atoms with Gasteiger partial charge in [-0.1, -0.05) is 34.1 Å². The third kappa shape index (κ3) is 3.84. The van der Waals surface area contributed by atoms with Crippen LogP contribution < -0.4 is 5.32 Å². The van der Waals surface area contributed by atoms with Crippen LogP contribution in [0.4, 0.5) is 0 Å². The maximum absolute atomic E-state index is 4.53. The zero-order valence-corrected chi connectivity index (χ0v) is 12.1. The molecule has 3 nitrogen and oxygen atoms in total. The third-order valence-electron chi connectivity index (χ3n) is 3.60. The van der Waals surface area contributed by atoms with Crippen molar-refractivity contribution in [2.24, 2.45) is 13.0 Å². The minimum absolute atomic E-state index is 0.493. The molecule has 3 heteroatoms. The fraction of sp³-hybridized carbons (Fsp3) is 0.786. The Morgan fingerprint density at radius 2 is 1.94 bits per heavy atom. The normalized spacial score (nSPS) is 15.2. The largest absolute Gasteiger partial charge is 0.310 e. The van der Waals surface area contributed by atoms with Gasteiger partial charge in [0.05, 0.1) is 5.69 Å². The summed E-state index contributed by atoms with van der Waals surface area (Å²) >= 11 is 0. The molecule has 0 aliphatic carbocycles. The molecule has 1 N–H and O–H groups in total. The van der Waals surface area contributed by atoms with E-state index in [9.17, 15) is 0 Å². The first kappa shape index (κ1) is 14.2. The maximum atomic E-state index is 4.53. The number of rotatable bonds is 6.